The van der Waals surface area contributed by atoms with Crippen LogP contribution in [0.5, 0.6) is 0 Å². The van der Waals surface area contributed by atoms with Gasteiger partial charge in [-0.1, -0.05) is 0 Å². The van der Waals surface area contributed by atoms with Gasteiger partial charge >= 0.3 is 5.82 Å². The monoisotopic (exact) mass is 314 g/mol. The topological polar surface area (TPSA) is 188 Å². The number of ether oxygens (including phenoxy) is 1. The Morgan fingerprint density at radius 1 is 1.23 bits per heavy atom. The van der Waals surface area contributed by atoms with Crippen LogP contribution in [0, 0.1) is 20.2 Å². The highest BCUT2D eigenvalue weighted by molar-refractivity contribution is 6.16. The highest BCUT2D eigenvalue weighted by Crippen LogP contribution is 2.16. The maximum Gasteiger partial charge on any atom is 0.584 e. The standard InChI is InChI=1S/C8H12N9O5/c9-13-7-10-5(6(16(18)19)17(20)21)11-8(12-7)14-15-1-3-22-4-2-15/h1-4,9H2,(H2-,10,11,12,13,14)/q-1. The van der Waals surface area contributed by atoms with Crippen LogP contribution < -0.4 is 16.7 Å². The molecule has 0 atom stereocenters. The second-order valence-electron chi connectivity index (χ2n) is 4.00. The van der Waals surface area contributed by atoms with Crippen molar-refractivity contribution < 1.29 is 14.6 Å². The van der Waals surface area contributed by atoms with E-state index in [2.05, 4.69) is 26.2 Å². The van der Waals surface area contributed by atoms with E-state index in [1.807, 2.05) is 0 Å². The van der Waals surface area contributed by atoms with Crippen LogP contribution in [0.3, 0.4) is 0 Å². The van der Waals surface area contributed by atoms with E-state index >= 15 is 0 Å². The predicted molar refractivity (Wildman–Crippen MR) is 72.1 cm³/mol. The lowest BCUT2D eigenvalue weighted by atomic mass is 10.5. The van der Waals surface area contributed by atoms with Crippen molar-refractivity contribution in [2.75, 3.05) is 26.3 Å². The number of rotatable bonds is 3. The van der Waals surface area contributed by atoms with Gasteiger partial charge in [0.2, 0.25) is 5.82 Å². The first-order chi connectivity index (χ1) is 10.5. The molecule has 2 aliphatic heterocycles. The summed E-state index contributed by atoms with van der Waals surface area (Å²) in [5, 5.41) is 27.1. The van der Waals surface area contributed by atoms with Crippen molar-refractivity contribution >= 4 is 11.9 Å². The van der Waals surface area contributed by atoms with E-state index in [1.54, 1.807) is 5.01 Å². The Bertz CT molecular complexity index is 548. The molecule has 0 spiro atoms. The molecule has 14 nitrogen and oxygen atoms in total. The second kappa shape index (κ2) is 6.74. The van der Waals surface area contributed by atoms with Gasteiger partial charge < -0.3 is 15.6 Å². The van der Waals surface area contributed by atoms with Gasteiger partial charge in [-0.3, -0.25) is 41.4 Å². The molecular weight excluding hydrogens is 302 g/mol. The van der Waals surface area contributed by atoms with Gasteiger partial charge in [0.05, 0.1) is 13.2 Å². The molecule has 0 amide bonds. The highest BCUT2D eigenvalue weighted by Gasteiger charge is 2.31. The minimum Gasteiger partial charge on any atom is -0.379 e. The number of aliphatic imine (C=N–C) groups is 2. The van der Waals surface area contributed by atoms with Crippen molar-refractivity contribution in [3.8, 4) is 0 Å². The molecule has 1 fully saturated rings. The number of guanidine groups is 2. The molecular formula is C8H12N9O5-. The van der Waals surface area contributed by atoms with Crippen molar-refractivity contribution in [2.24, 2.45) is 15.8 Å². The SMILES string of the molecule is NNC1=NC(=C([N+](=O)[O-])[N+](=O)[O-])N=C(NN2CCOCC2)[N-]1. The summed E-state index contributed by atoms with van der Waals surface area (Å²) in [7, 11) is 0. The third-order valence-corrected chi connectivity index (χ3v) is 2.58. The van der Waals surface area contributed by atoms with Crippen molar-refractivity contribution in [1.29, 1.82) is 0 Å². The number of nitrogens with zero attached hydrogens (tertiary/aromatic N) is 6. The first-order valence-electron chi connectivity index (χ1n) is 5.99. The van der Waals surface area contributed by atoms with E-state index in [-0.39, 0.29) is 11.9 Å². The summed E-state index contributed by atoms with van der Waals surface area (Å²) >= 11 is 0. The molecule has 0 aromatic heterocycles. The molecule has 2 rings (SSSR count). The van der Waals surface area contributed by atoms with E-state index in [0.29, 0.717) is 26.3 Å². The van der Waals surface area contributed by atoms with Gasteiger partial charge in [-0.25, -0.2) is 5.01 Å². The average Bonchev–Trinajstić information content (AvgIpc) is 2.47. The molecule has 0 bridgehead atoms. The minimum absolute atomic E-state index is 0.110. The zero-order valence-electron chi connectivity index (χ0n) is 11.1. The summed E-state index contributed by atoms with van der Waals surface area (Å²) in [5.74, 6) is 2.72. The number of hydrazine groups is 2. The van der Waals surface area contributed by atoms with Gasteiger partial charge in [-0.2, -0.15) is 0 Å². The summed E-state index contributed by atoms with van der Waals surface area (Å²) in [5.41, 5.74) is 4.84. The summed E-state index contributed by atoms with van der Waals surface area (Å²) in [6, 6.07) is 0. The largest absolute Gasteiger partial charge is 0.584 e. The van der Waals surface area contributed by atoms with E-state index in [9.17, 15) is 20.2 Å². The fourth-order valence-electron chi connectivity index (χ4n) is 1.64. The van der Waals surface area contributed by atoms with Crippen LogP contribution in [-0.4, -0.2) is 53.1 Å². The molecule has 1 saturated heterocycles. The van der Waals surface area contributed by atoms with Gasteiger partial charge in [0, 0.05) is 13.1 Å². The van der Waals surface area contributed by atoms with E-state index < -0.39 is 21.5 Å². The lowest BCUT2D eigenvalue weighted by Crippen LogP contribution is -2.49. The maximum atomic E-state index is 10.8. The first-order valence-corrected chi connectivity index (χ1v) is 5.99. The number of nitrogens with two attached hydrogens (primary N) is 1. The third kappa shape index (κ3) is 3.62. The number of morpholine rings is 1. The van der Waals surface area contributed by atoms with Crippen molar-refractivity contribution in [3.05, 3.63) is 37.2 Å². The number of nitro groups is 2. The fourth-order valence-corrected chi connectivity index (χ4v) is 1.64. The lowest BCUT2D eigenvalue weighted by molar-refractivity contribution is -0.617. The van der Waals surface area contributed by atoms with E-state index in [1.165, 1.54) is 0 Å². The summed E-state index contributed by atoms with van der Waals surface area (Å²) in [6.45, 7) is 2.00. The second-order valence-corrected chi connectivity index (χ2v) is 4.00. The van der Waals surface area contributed by atoms with Gasteiger partial charge in [0.1, 0.15) is 21.8 Å². The predicted octanol–water partition coefficient (Wildman–Crippen LogP) is -1.93. The zero-order chi connectivity index (χ0) is 16.1. The van der Waals surface area contributed by atoms with Crippen molar-refractivity contribution in [3.63, 3.8) is 0 Å². The summed E-state index contributed by atoms with van der Waals surface area (Å²) in [4.78, 5) is 26.4. The number of hydrogen-bond acceptors (Lipinski definition) is 11. The van der Waals surface area contributed by atoms with Crippen LogP contribution in [0.1, 0.15) is 0 Å². The average molecular weight is 314 g/mol. The Balaban J connectivity index is 2.28. The quantitative estimate of drug-likeness (QED) is 0.302. The Kier molecular flexibility index (Phi) is 4.77. The minimum atomic E-state index is -1.37. The molecule has 0 aromatic carbocycles. The Morgan fingerprint density at radius 2 is 1.82 bits per heavy atom. The van der Waals surface area contributed by atoms with E-state index in [0.717, 1.165) is 0 Å². The molecule has 22 heavy (non-hydrogen) atoms. The Morgan fingerprint density at radius 3 is 2.36 bits per heavy atom. The number of nitrogens with one attached hydrogen (secondary N) is 2. The van der Waals surface area contributed by atoms with Crippen LogP contribution in [0.4, 0.5) is 0 Å². The molecule has 0 radical (unpaired) electrons. The smallest absolute Gasteiger partial charge is 0.379 e. The van der Waals surface area contributed by atoms with Gasteiger partial charge in [0.15, 0.2) is 0 Å². The van der Waals surface area contributed by atoms with Gasteiger partial charge in [-0.15, -0.1) is 0 Å². The highest BCUT2D eigenvalue weighted by atomic mass is 16.7. The summed E-state index contributed by atoms with van der Waals surface area (Å²) < 4.78 is 5.16. The molecule has 4 N–H and O–H groups in total. The zero-order valence-corrected chi connectivity index (χ0v) is 11.1. The molecule has 0 unspecified atom stereocenters. The lowest BCUT2D eigenvalue weighted by Gasteiger charge is -2.32. The molecule has 2 aliphatic rings. The molecule has 2 heterocycles. The Hall–Kier alpha value is -2.84. The molecule has 0 aliphatic carbocycles. The number of hydrogen-bond donors (Lipinski definition) is 3. The van der Waals surface area contributed by atoms with Crippen LogP contribution >= 0.6 is 0 Å². The Labute approximate surface area is 122 Å². The third-order valence-electron chi connectivity index (χ3n) is 2.58. The van der Waals surface area contributed by atoms with Crippen LogP contribution in [0.15, 0.2) is 21.6 Å². The first kappa shape index (κ1) is 15.5. The fraction of sp³-hybridized carbons (Fsp3) is 0.500. The van der Waals surface area contributed by atoms with Crippen LogP contribution in [0.2, 0.25) is 0 Å². The molecule has 14 heteroatoms. The van der Waals surface area contributed by atoms with E-state index in [4.69, 9.17) is 10.6 Å². The van der Waals surface area contributed by atoms with Crippen LogP contribution in [0.25, 0.3) is 5.32 Å². The maximum absolute atomic E-state index is 10.8. The summed E-state index contributed by atoms with van der Waals surface area (Å²) in [6.07, 6.45) is 0. The van der Waals surface area contributed by atoms with Crippen LogP contribution in [-0.2, 0) is 4.74 Å². The van der Waals surface area contributed by atoms with Crippen molar-refractivity contribution in [1.82, 2.24) is 15.9 Å². The van der Waals surface area contributed by atoms with Gasteiger partial charge in [0.25, 0.3) is 0 Å². The van der Waals surface area contributed by atoms with Crippen molar-refractivity contribution in [2.45, 2.75) is 0 Å². The normalized spacial score (nSPS) is 18.7. The van der Waals surface area contributed by atoms with Gasteiger partial charge in [-0.05, 0) is 0 Å². The molecule has 120 valence electrons. The molecule has 0 aromatic rings. The molecule has 0 saturated carbocycles.